The summed E-state index contributed by atoms with van der Waals surface area (Å²) in [7, 11) is 0. The van der Waals surface area contributed by atoms with E-state index in [1.165, 1.54) is 23.5 Å². The third kappa shape index (κ3) is 4.70. The molecule has 2 N–H and O–H groups in total. The topological polar surface area (TPSA) is 101 Å². The number of esters is 1. The highest BCUT2D eigenvalue weighted by molar-refractivity contribution is 7.16. The van der Waals surface area contributed by atoms with E-state index in [1.54, 1.807) is 31.2 Å². The number of phenolic OH excluding ortho intramolecular Hbond substituents is 1. The average Bonchev–Trinajstić information content (AvgIpc) is 3.22. The second kappa shape index (κ2) is 9.76. The number of hydrogen-bond acceptors (Lipinski definition) is 7. The van der Waals surface area contributed by atoms with Gasteiger partial charge in [-0.15, -0.1) is 11.3 Å². The van der Waals surface area contributed by atoms with Crippen LogP contribution < -0.4 is 10.9 Å². The van der Waals surface area contributed by atoms with E-state index in [-0.39, 0.29) is 23.5 Å². The summed E-state index contributed by atoms with van der Waals surface area (Å²) in [4.78, 5) is 32.0. The molecule has 0 saturated heterocycles. The van der Waals surface area contributed by atoms with Gasteiger partial charge in [0.05, 0.1) is 12.2 Å². The molecule has 0 atom stereocenters. The number of hydrogen-bond donors (Lipinski definition) is 2. The van der Waals surface area contributed by atoms with Crippen molar-refractivity contribution in [1.29, 1.82) is 0 Å². The molecule has 0 fully saturated rings. The highest BCUT2D eigenvalue weighted by Crippen LogP contribution is 2.40. The molecule has 1 aliphatic rings. The zero-order valence-electron chi connectivity index (χ0n) is 19.2. The molecular weight excluding hydrogens is 464 g/mol. The summed E-state index contributed by atoms with van der Waals surface area (Å²) in [6.07, 6.45) is 3.73. The van der Waals surface area contributed by atoms with Crippen LogP contribution in [-0.4, -0.2) is 23.6 Å². The van der Waals surface area contributed by atoms with Crippen molar-refractivity contribution >= 4 is 44.9 Å². The zero-order chi connectivity index (χ0) is 24.4. The van der Waals surface area contributed by atoms with Crippen LogP contribution in [0.15, 0.2) is 64.0 Å². The third-order valence-corrected chi connectivity index (χ3v) is 7.03. The molecule has 4 aromatic rings. The molecule has 2 heterocycles. The molecule has 0 saturated carbocycles. The molecule has 0 unspecified atom stereocenters. The Morgan fingerprint density at radius 2 is 1.91 bits per heavy atom. The van der Waals surface area contributed by atoms with Crippen LogP contribution in [0.3, 0.4) is 0 Å². The fraction of sp³-hybridized carbons (Fsp3) is 0.222. The number of fused-ring (bicyclic) bond motifs is 2. The number of benzene rings is 2. The van der Waals surface area contributed by atoms with Gasteiger partial charge in [-0.05, 0) is 68.5 Å². The van der Waals surface area contributed by atoms with Gasteiger partial charge in [-0.3, -0.25) is 4.79 Å². The minimum atomic E-state index is -0.417. The first kappa shape index (κ1) is 22.9. The maximum atomic E-state index is 13.3. The van der Waals surface area contributed by atoms with Crippen molar-refractivity contribution in [1.82, 2.24) is 0 Å². The summed E-state index contributed by atoms with van der Waals surface area (Å²) in [5, 5.41) is 13.9. The van der Waals surface area contributed by atoms with Crippen LogP contribution in [0.25, 0.3) is 11.0 Å². The standard InChI is InChI=1S/C27H24N2O5S/c1-2-33-27(32)23-19-10-6-7-11-22(19)35-26(23)29-25-20(24(31)28-17-8-4-3-5-9-17)14-16-12-13-18(30)15-21(16)34-25/h3-5,8-9,12-15,30H,2,6-7,10-11H2,1H3,(H,28,31). The Balaban J connectivity index is 1.70. The number of rotatable bonds is 5. The molecule has 5 rings (SSSR count). The fourth-order valence-electron chi connectivity index (χ4n) is 4.21. The van der Waals surface area contributed by atoms with Gasteiger partial charge in [-0.25, -0.2) is 9.79 Å². The largest absolute Gasteiger partial charge is 0.508 e. The average molecular weight is 489 g/mol. The lowest BCUT2D eigenvalue weighted by molar-refractivity contribution is 0.0526. The summed E-state index contributed by atoms with van der Waals surface area (Å²) < 4.78 is 11.4. The number of amides is 1. The molecule has 178 valence electrons. The number of para-hydroxylation sites is 1. The maximum Gasteiger partial charge on any atom is 0.341 e. The van der Waals surface area contributed by atoms with Crippen molar-refractivity contribution in [2.75, 3.05) is 11.9 Å². The summed E-state index contributed by atoms with van der Waals surface area (Å²) in [5.74, 6) is -0.778. The molecule has 0 bridgehead atoms. The molecule has 0 spiro atoms. The predicted octanol–water partition coefficient (Wildman–Crippen LogP) is 5.74. The fourth-order valence-corrected chi connectivity index (χ4v) is 5.45. The van der Waals surface area contributed by atoms with Gasteiger partial charge in [-0.2, -0.15) is 0 Å². The van der Waals surface area contributed by atoms with Gasteiger partial charge in [0, 0.05) is 22.0 Å². The number of phenols is 1. The Hall–Kier alpha value is -3.91. The number of anilines is 1. The van der Waals surface area contributed by atoms with E-state index in [1.807, 2.05) is 18.2 Å². The molecule has 2 aromatic heterocycles. The van der Waals surface area contributed by atoms with Crippen LogP contribution in [0, 0.1) is 0 Å². The molecule has 0 aliphatic heterocycles. The molecule has 35 heavy (non-hydrogen) atoms. The first-order valence-electron chi connectivity index (χ1n) is 11.5. The maximum absolute atomic E-state index is 13.3. The summed E-state index contributed by atoms with van der Waals surface area (Å²) in [5.41, 5.74) is 2.71. The number of thiophene rings is 1. The Kier molecular flexibility index (Phi) is 6.37. The van der Waals surface area contributed by atoms with Gasteiger partial charge in [0.15, 0.2) is 0 Å². The number of nitrogens with zero attached hydrogens (tertiary/aromatic N) is 1. The minimum absolute atomic E-state index is 0.0347. The van der Waals surface area contributed by atoms with Crippen LogP contribution in [0.2, 0.25) is 0 Å². The highest BCUT2D eigenvalue weighted by atomic mass is 32.1. The molecule has 2 aromatic carbocycles. The van der Waals surface area contributed by atoms with Gasteiger partial charge in [0.1, 0.15) is 21.9 Å². The summed E-state index contributed by atoms with van der Waals surface area (Å²) >= 11 is 1.44. The van der Waals surface area contributed by atoms with Crippen LogP contribution >= 0.6 is 11.3 Å². The number of aryl methyl sites for hydroxylation is 1. The summed E-state index contributed by atoms with van der Waals surface area (Å²) in [6.45, 7) is 2.03. The number of ether oxygens (including phenoxy) is 1. The molecular formula is C27H24N2O5S. The number of carbonyl (C=O) groups excluding carboxylic acids is 2. The number of carbonyl (C=O) groups is 2. The first-order valence-corrected chi connectivity index (χ1v) is 12.3. The van der Waals surface area contributed by atoms with Crippen molar-refractivity contribution < 1.29 is 23.8 Å². The van der Waals surface area contributed by atoms with E-state index in [9.17, 15) is 14.7 Å². The van der Waals surface area contributed by atoms with Crippen LogP contribution in [0.5, 0.6) is 5.75 Å². The second-order valence-corrected chi connectivity index (χ2v) is 9.31. The Labute approximate surface area is 205 Å². The van der Waals surface area contributed by atoms with E-state index in [0.29, 0.717) is 27.2 Å². The lowest BCUT2D eigenvalue weighted by Gasteiger charge is -2.11. The van der Waals surface area contributed by atoms with Crippen LogP contribution in [0.1, 0.15) is 50.9 Å². The Morgan fingerprint density at radius 3 is 2.71 bits per heavy atom. The van der Waals surface area contributed by atoms with E-state index in [2.05, 4.69) is 5.32 Å². The van der Waals surface area contributed by atoms with Crippen LogP contribution in [-0.2, 0) is 17.6 Å². The number of aromatic hydroxyl groups is 1. The zero-order valence-corrected chi connectivity index (χ0v) is 20.0. The SMILES string of the molecule is CCOC(=O)c1c(N=c2oc3cc(O)ccc3cc2C(=O)Nc2ccccc2)sc2c1CCCC2. The van der Waals surface area contributed by atoms with Gasteiger partial charge in [-0.1, -0.05) is 18.2 Å². The molecule has 1 amide bonds. The minimum Gasteiger partial charge on any atom is -0.508 e. The molecule has 7 nitrogen and oxygen atoms in total. The van der Waals surface area contributed by atoms with Crippen LogP contribution in [0.4, 0.5) is 10.7 Å². The predicted molar refractivity (Wildman–Crippen MR) is 134 cm³/mol. The van der Waals surface area contributed by atoms with Crippen molar-refractivity contribution in [3.63, 3.8) is 0 Å². The molecule has 0 radical (unpaired) electrons. The van der Waals surface area contributed by atoms with E-state index < -0.39 is 11.9 Å². The van der Waals surface area contributed by atoms with Gasteiger partial charge in [0.2, 0.25) is 5.55 Å². The lowest BCUT2D eigenvalue weighted by Crippen LogP contribution is -2.21. The van der Waals surface area contributed by atoms with Crippen molar-refractivity contribution in [3.8, 4) is 5.75 Å². The Bertz CT molecular complexity index is 1490. The van der Waals surface area contributed by atoms with E-state index >= 15 is 0 Å². The van der Waals surface area contributed by atoms with E-state index in [0.717, 1.165) is 36.1 Å². The normalized spacial score (nSPS) is 13.5. The van der Waals surface area contributed by atoms with Crippen molar-refractivity contribution in [3.05, 3.63) is 81.7 Å². The lowest BCUT2D eigenvalue weighted by atomic mass is 9.95. The second-order valence-electron chi connectivity index (χ2n) is 8.23. The number of nitrogens with one attached hydrogen (secondary N) is 1. The third-order valence-electron chi connectivity index (χ3n) is 5.85. The summed E-state index contributed by atoms with van der Waals surface area (Å²) in [6, 6.07) is 15.4. The monoisotopic (exact) mass is 488 g/mol. The molecule has 1 aliphatic carbocycles. The van der Waals surface area contributed by atoms with E-state index in [4.69, 9.17) is 14.1 Å². The van der Waals surface area contributed by atoms with Crippen molar-refractivity contribution in [2.24, 2.45) is 4.99 Å². The smallest absolute Gasteiger partial charge is 0.341 e. The Morgan fingerprint density at radius 1 is 1.11 bits per heavy atom. The van der Waals surface area contributed by atoms with Gasteiger partial charge in [0.25, 0.3) is 5.91 Å². The van der Waals surface area contributed by atoms with Gasteiger partial charge >= 0.3 is 5.97 Å². The highest BCUT2D eigenvalue weighted by Gasteiger charge is 2.27. The quantitative estimate of drug-likeness (QED) is 0.349. The molecule has 8 heteroatoms. The van der Waals surface area contributed by atoms with Gasteiger partial charge < -0.3 is 19.6 Å². The van der Waals surface area contributed by atoms with Crippen molar-refractivity contribution in [2.45, 2.75) is 32.6 Å². The first-order chi connectivity index (χ1) is 17.0.